The maximum atomic E-state index is 14.3. The molecule has 0 saturated carbocycles. The van der Waals surface area contributed by atoms with E-state index in [4.69, 9.17) is 11.6 Å². The normalized spacial score (nSPS) is 16.1. The third kappa shape index (κ3) is 4.34. The predicted octanol–water partition coefficient (Wildman–Crippen LogP) is 6.45. The van der Waals surface area contributed by atoms with Crippen LogP contribution in [0.3, 0.4) is 0 Å². The van der Waals surface area contributed by atoms with Gasteiger partial charge in [-0.15, -0.1) is 0 Å². The molecule has 1 aromatic heterocycles. The van der Waals surface area contributed by atoms with Crippen LogP contribution in [0, 0.1) is 11.6 Å². The Morgan fingerprint density at radius 3 is 2.60 bits per heavy atom. The lowest BCUT2D eigenvalue weighted by atomic mass is 9.88. The number of carbonyl (C=O) groups excluding carboxylic acids is 2. The Balaban J connectivity index is 1.55. The average molecular weight is 574 g/mol. The molecule has 2 aliphatic heterocycles. The molecule has 3 N–H and O–H groups in total. The summed E-state index contributed by atoms with van der Waals surface area (Å²) in [6.45, 7) is 0.301. The van der Waals surface area contributed by atoms with E-state index in [1.807, 2.05) is 0 Å². The molecule has 40 heavy (non-hydrogen) atoms. The van der Waals surface area contributed by atoms with Gasteiger partial charge in [0, 0.05) is 45.7 Å². The van der Waals surface area contributed by atoms with Crippen molar-refractivity contribution in [2.45, 2.75) is 18.6 Å². The van der Waals surface area contributed by atoms with Gasteiger partial charge in [-0.2, -0.15) is 18.3 Å². The number of aromatic nitrogens is 2. The largest absolute Gasteiger partial charge is 0.416 e. The summed E-state index contributed by atoms with van der Waals surface area (Å²) in [5.74, 6) is -2.88. The fourth-order valence-electron chi connectivity index (χ4n) is 5.19. The number of benzene rings is 3. The van der Waals surface area contributed by atoms with Crippen molar-refractivity contribution >= 4 is 34.9 Å². The Hall–Kier alpha value is -4.45. The molecule has 4 aromatic rings. The van der Waals surface area contributed by atoms with E-state index in [1.54, 1.807) is 12.1 Å². The van der Waals surface area contributed by atoms with Crippen molar-refractivity contribution < 1.29 is 31.5 Å². The van der Waals surface area contributed by atoms with Crippen molar-refractivity contribution in [3.05, 3.63) is 99.2 Å². The minimum absolute atomic E-state index is 0.100. The van der Waals surface area contributed by atoms with Gasteiger partial charge in [0.05, 0.1) is 23.0 Å². The molecule has 1 unspecified atom stereocenters. The smallest absolute Gasteiger partial charge is 0.327 e. The SMILES string of the molecule is O=C(Nc1cc(-c2ccn[nH]2)c2c3c1C(c1cc(F)ccc1Cl)NC(=O)N3CC2)c1cc(F)cc(C(F)(F)F)c1. The Bertz CT molecular complexity index is 1690. The number of urea groups is 1. The summed E-state index contributed by atoms with van der Waals surface area (Å²) in [7, 11) is 0. The number of amides is 3. The highest BCUT2D eigenvalue weighted by atomic mass is 35.5. The van der Waals surface area contributed by atoms with Gasteiger partial charge in [-0.3, -0.25) is 14.8 Å². The second-order valence-electron chi connectivity index (χ2n) is 9.31. The van der Waals surface area contributed by atoms with Gasteiger partial charge in [0.15, 0.2) is 0 Å². The lowest BCUT2D eigenvalue weighted by molar-refractivity contribution is -0.137. The van der Waals surface area contributed by atoms with Crippen LogP contribution in [0.1, 0.15) is 38.7 Å². The fraction of sp³-hybridized carbons (Fsp3) is 0.148. The van der Waals surface area contributed by atoms with Gasteiger partial charge >= 0.3 is 12.2 Å². The summed E-state index contributed by atoms with van der Waals surface area (Å²) in [6.07, 6.45) is -2.92. The molecule has 0 bridgehead atoms. The van der Waals surface area contributed by atoms with Crippen LogP contribution < -0.4 is 15.5 Å². The molecule has 3 amide bonds. The Morgan fingerprint density at radius 2 is 1.88 bits per heavy atom. The molecule has 0 fully saturated rings. The summed E-state index contributed by atoms with van der Waals surface area (Å²) < 4.78 is 68.4. The van der Waals surface area contributed by atoms with Gasteiger partial charge < -0.3 is 10.6 Å². The van der Waals surface area contributed by atoms with Gasteiger partial charge in [-0.05, 0) is 60.5 Å². The second kappa shape index (κ2) is 9.33. The van der Waals surface area contributed by atoms with Gasteiger partial charge in [0.25, 0.3) is 5.91 Å². The minimum Gasteiger partial charge on any atom is -0.327 e. The molecule has 3 heterocycles. The van der Waals surface area contributed by atoms with E-state index in [0.29, 0.717) is 53.7 Å². The van der Waals surface area contributed by atoms with Crippen molar-refractivity contribution in [1.29, 1.82) is 0 Å². The first kappa shape index (κ1) is 25.8. The van der Waals surface area contributed by atoms with E-state index in [-0.39, 0.29) is 16.3 Å². The van der Waals surface area contributed by atoms with E-state index in [2.05, 4.69) is 20.8 Å². The van der Waals surface area contributed by atoms with Crippen LogP contribution >= 0.6 is 11.6 Å². The van der Waals surface area contributed by atoms with Gasteiger partial charge in [0.2, 0.25) is 0 Å². The first-order valence-corrected chi connectivity index (χ1v) is 12.3. The number of aromatic amines is 1. The molecule has 2 aliphatic rings. The summed E-state index contributed by atoms with van der Waals surface area (Å²) >= 11 is 6.40. The Kier molecular flexibility index (Phi) is 6.02. The second-order valence-corrected chi connectivity index (χ2v) is 9.72. The van der Waals surface area contributed by atoms with E-state index < -0.39 is 46.9 Å². The van der Waals surface area contributed by atoms with Crippen molar-refractivity contribution in [2.24, 2.45) is 0 Å². The molecular weight excluding hydrogens is 557 g/mol. The minimum atomic E-state index is -4.88. The molecule has 7 nitrogen and oxygen atoms in total. The lowest BCUT2D eigenvalue weighted by Crippen LogP contribution is -2.46. The number of halogens is 6. The monoisotopic (exact) mass is 573 g/mol. The van der Waals surface area contributed by atoms with E-state index in [0.717, 1.165) is 17.7 Å². The fourth-order valence-corrected chi connectivity index (χ4v) is 5.42. The average Bonchev–Trinajstić information content (AvgIpc) is 3.59. The van der Waals surface area contributed by atoms with Crippen LogP contribution in [0.15, 0.2) is 54.7 Å². The number of hydrogen-bond donors (Lipinski definition) is 3. The lowest BCUT2D eigenvalue weighted by Gasteiger charge is -2.35. The van der Waals surface area contributed by atoms with Gasteiger partial charge in [-0.25, -0.2) is 13.6 Å². The number of carbonyl (C=O) groups is 2. The molecule has 0 aliphatic carbocycles. The number of nitrogens with one attached hydrogen (secondary N) is 3. The van der Waals surface area contributed by atoms with Crippen LogP contribution in [0.5, 0.6) is 0 Å². The number of anilines is 2. The molecule has 6 rings (SSSR count). The van der Waals surface area contributed by atoms with E-state index in [1.165, 1.54) is 17.2 Å². The van der Waals surface area contributed by atoms with Gasteiger partial charge in [0.1, 0.15) is 11.6 Å². The molecule has 1 atom stereocenters. The Labute approximate surface area is 227 Å². The molecule has 0 spiro atoms. The third-order valence-electron chi connectivity index (χ3n) is 6.90. The van der Waals surface area contributed by atoms with Crippen LogP contribution in [-0.4, -0.2) is 28.7 Å². The van der Waals surface area contributed by atoms with Gasteiger partial charge in [-0.1, -0.05) is 11.6 Å². The van der Waals surface area contributed by atoms with Crippen LogP contribution in [0.25, 0.3) is 11.3 Å². The standard InChI is InChI=1S/C27H17ClF5N5O2/c28-19-2-1-14(29)10-18(19)23-22-21(35-25(39)12-7-13(27(31,32)33)9-15(30)8-12)11-17(20-3-5-34-37-20)16-4-6-38(24(16)22)26(40)36-23/h1-3,5,7-11,23H,4,6H2,(H,34,37)(H,35,39)(H,36,40). The number of rotatable bonds is 4. The van der Waals surface area contributed by atoms with E-state index in [9.17, 15) is 31.5 Å². The topological polar surface area (TPSA) is 90.1 Å². The molecule has 0 radical (unpaired) electrons. The van der Waals surface area contributed by atoms with Crippen molar-refractivity contribution in [1.82, 2.24) is 15.5 Å². The maximum absolute atomic E-state index is 14.3. The number of hydrogen-bond acceptors (Lipinski definition) is 3. The zero-order chi connectivity index (χ0) is 28.3. The van der Waals surface area contributed by atoms with Crippen molar-refractivity contribution in [3.63, 3.8) is 0 Å². The molecule has 3 aromatic carbocycles. The maximum Gasteiger partial charge on any atom is 0.416 e. The molecular formula is C27H17ClF5N5O2. The van der Waals surface area contributed by atoms with Crippen LogP contribution in [-0.2, 0) is 12.6 Å². The van der Waals surface area contributed by atoms with Crippen molar-refractivity contribution in [2.75, 3.05) is 16.8 Å². The molecule has 13 heteroatoms. The highest BCUT2D eigenvalue weighted by Crippen LogP contribution is 2.49. The summed E-state index contributed by atoms with van der Waals surface area (Å²) in [5.41, 5.74) is 1.11. The van der Waals surface area contributed by atoms with E-state index >= 15 is 0 Å². The zero-order valence-corrected chi connectivity index (χ0v) is 20.9. The van der Waals surface area contributed by atoms with Crippen LogP contribution in [0.4, 0.5) is 38.1 Å². The molecule has 0 saturated heterocycles. The summed E-state index contributed by atoms with van der Waals surface area (Å²) in [5, 5.41) is 12.3. The highest BCUT2D eigenvalue weighted by molar-refractivity contribution is 6.31. The summed E-state index contributed by atoms with van der Waals surface area (Å²) in [4.78, 5) is 27.9. The summed E-state index contributed by atoms with van der Waals surface area (Å²) in [6, 6.07) is 6.92. The predicted molar refractivity (Wildman–Crippen MR) is 136 cm³/mol. The first-order chi connectivity index (χ1) is 19.0. The molecule has 204 valence electrons. The number of nitrogens with zero attached hydrogens (tertiary/aromatic N) is 2. The first-order valence-electron chi connectivity index (χ1n) is 11.9. The van der Waals surface area contributed by atoms with Crippen LogP contribution in [0.2, 0.25) is 5.02 Å². The Morgan fingerprint density at radius 1 is 1.07 bits per heavy atom. The van der Waals surface area contributed by atoms with Crippen molar-refractivity contribution in [3.8, 4) is 11.3 Å². The number of alkyl halides is 3. The quantitative estimate of drug-likeness (QED) is 0.245. The highest BCUT2D eigenvalue weighted by Gasteiger charge is 2.41. The third-order valence-corrected chi connectivity index (χ3v) is 7.24. The zero-order valence-electron chi connectivity index (χ0n) is 20.2. The number of H-pyrrole nitrogens is 1.